The average Bonchev–Trinajstić information content (AvgIpc) is 3.37. The summed E-state index contributed by atoms with van der Waals surface area (Å²) in [6, 6.07) is 16.1. The Hall–Kier alpha value is -3.80. The molecule has 0 atom stereocenters. The summed E-state index contributed by atoms with van der Waals surface area (Å²) in [5.74, 6) is 0. The molecule has 0 fully saturated rings. The van der Waals surface area contributed by atoms with E-state index in [9.17, 15) is 10.1 Å². The fourth-order valence-corrected chi connectivity index (χ4v) is 4.90. The molecule has 5 aromatic rings. The van der Waals surface area contributed by atoms with Crippen LogP contribution in [0.4, 0.5) is 0 Å². The summed E-state index contributed by atoms with van der Waals surface area (Å²) >= 11 is 1.37. The van der Waals surface area contributed by atoms with E-state index in [4.69, 9.17) is 5.73 Å². The van der Waals surface area contributed by atoms with Gasteiger partial charge in [-0.05, 0) is 11.5 Å². The number of nitrogens with two attached hydrogens (primary N) is 1. The second kappa shape index (κ2) is 6.91. The number of thiophene rings is 1. The summed E-state index contributed by atoms with van der Waals surface area (Å²) in [6.45, 7) is 0.229. The molecule has 0 spiro atoms. The van der Waals surface area contributed by atoms with Gasteiger partial charge in [-0.15, -0.1) is 11.3 Å². The highest BCUT2D eigenvalue weighted by molar-refractivity contribution is 7.22. The summed E-state index contributed by atoms with van der Waals surface area (Å²) in [6.07, 6.45) is 1.76. The minimum Gasteiger partial charge on any atom is -0.325 e. The Balaban J connectivity index is 1.80. The van der Waals surface area contributed by atoms with Crippen molar-refractivity contribution in [2.75, 3.05) is 0 Å². The largest absolute Gasteiger partial charge is 0.325 e. The molecule has 3 heterocycles. The van der Waals surface area contributed by atoms with Gasteiger partial charge in [0.1, 0.15) is 10.8 Å². The Bertz CT molecular complexity index is 1540. The van der Waals surface area contributed by atoms with Gasteiger partial charge in [-0.1, -0.05) is 36.4 Å². The topological polar surface area (TPSA) is 113 Å². The maximum Gasteiger partial charge on any atom is 0.282 e. The molecule has 0 aliphatic carbocycles. The second-order valence-electron chi connectivity index (χ2n) is 6.91. The standard InChI is InChI=1S/C22H16N6OS/c1-28-20(14-7-6-12-4-2-3-5-13(12)16(14)9-23)17(11-25-28)19-8-15-18(10-24)26-27-22(29)21(15)30-19/h2-8,11H,10,24H2,1H3,(H,27,29). The summed E-state index contributed by atoms with van der Waals surface area (Å²) in [5.41, 5.74) is 9.27. The molecular formula is C22H16N6OS. The van der Waals surface area contributed by atoms with E-state index in [1.807, 2.05) is 49.5 Å². The van der Waals surface area contributed by atoms with E-state index in [0.717, 1.165) is 37.9 Å². The van der Waals surface area contributed by atoms with Gasteiger partial charge in [-0.3, -0.25) is 9.48 Å². The van der Waals surface area contributed by atoms with Crippen LogP contribution in [0, 0.1) is 11.3 Å². The van der Waals surface area contributed by atoms with E-state index in [1.54, 1.807) is 10.9 Å². The monoisotopic (exact) mass is 412 g/mol. The number of aromatic amines is 1. The summed E-state index contributed by atoms with van der Waals surface area (Å²) < 4.78 is 2.34. The summed E-state index contributed by atoms with van der Waals surface area (Å²) in [7, 11) is 1.85. The van der Waals surface area contributed by atoms with Gasteiger partial charge in [0.25, 0.3) is 5.56 Å². The van der Waals surface area contributed by atoms with Crippen LogP contribution in [0.3, 0.4) is 0 Å². The minimum absolute atomic E-state index is 0.229. The first-order valence-corrected chi connectivity index (χ1v) is 10.1. The van der Waals surface area contributed by atoms with Crippen molar-refractivity contribution >= 4 is 32.2 Å². The van der Waals surface area contributed by atoms with Crippen LogP contribution in [0.25, 0.3) is 42.6 Å². The highest BCUT2D eigenvalue weighted by Gasteiger charge is 2.20. The van der Waals surface area contributed by atoms with Gasteiger partial charge < -0.3 is 5.73 Å². The lowest BCUT2D eigenvalue weighted by Gasteiger charge is -2.10. The Morgan fingerprint density at radius 1 is 1.20 bits per heavy atom. The number of fused-ring (bicyclic) bond motifs is 2. The Morgan fingerprint density at radius 3 is 2.83 bits per heavy atom. The maximum absolute atomic E-state index is 12.3. The molecule has 0 aliphatic rings. The van der Waals surface area contributed by atoms with Crippen molar-refractivity contribution in [3.63, 3.8) is 0 Å². The number of benzene rings is 2. The average molecular weight is 412 g/mol. The zero-order valence-corrected chi connectivity index (χ0v) is 16.8. The van der Waals surface area contributed by atoms with Crippen molar-refractivity contribution in [2.24, 2.45) is 12.8 Å². The zero-order chi connectivity index (χ0) is 20.8. The molecule has 3 aromatic heterocycles. The van der Waals surface area contributed by atoms with E-state index in [-0.39, 0.29) is 12.1 Å². The summed E-state index contributed by atoms with van der Waals surface area (Å²) in [5, 5.41) is 23.6. The molecule has 8 heteroatoms. The Kier molecular flexibility index (Phi) is 4.20. The molecule has 3 N–H and O–H groups in total. The zero-order valence-electron chi connectivity index (χ0n) is 16.0. The third-order valence-corrected chi connectivity index (χ3v) is 6.40. The number of hydrogen-bond donors (Lipinski definition) is 2. The SMILES string of the molecule is Cn1ncc(-c2cc3c(CN)n[nH]c(=O)c3s2)c1-c1ccc2ccccc2c1C#N. The highest BCUT2D eigenvalue weighted by atomic mass is 32.1. The number of rotatable bonds is 3. The van der Waals surface area contributed by atoms with Crippen molar-refractivity contribution in [1.29, 1.82) is 5.26 Å². The fraction of sp³-hybridized carbons (Fsp3) is 0.0909. The van der Waals surface area contributed by atoms with E-state index in [0.29, 0.717) is 16.0 Å². The number of nitrogens with zero attached hydrogens (tertiary/aromatic N) is 4. The van der Waals surface area contributed by atoms with Crippen LogP contribution in [0.15, 0.2) is 53.5 Å². The molecule has 5 rings (SSSR count). The van der Waals surface area contributed by atoms with Gasteiger partial charge in [0, 0.05) is 40.4 Å². The first-order chi connectivity index (χ1) is 14.6. The first kappa shape index (κ1) is 18.2. The van der Waals surface area contributed by atoms with Crippen LogP contribution in [0.2, 0.25) is 0 Å². The van der Waals surface area contributed by atoms with Gasteiger partial charge in [0.15, 0.2) is 0 Å². The van der Waals surface area contributed by atoms with Crippen molar-refractivity contribution < 1.29 is 0 Å². The molecule has 0 saturated carbocycles. The van der Waals surface area contributed by atoms with Crippen molar-refractivity contribution in [2.45, 2.75) is 6.54 Å². The second-order valence-corrected chi connectivity index (χ2v) is 7.96. The molecular weight excluding hydrogens is 396 g/mol. The van der Waals surface area contributed by atoms with Crippen LogP contribution < -0.4 is 11.3 Å². The summed E-state index contributed by atoms with van der Waals surface area (Å²) in [4.78, 5) is 13.2. The highest BCUT2D eigenvalue weighted by Crippen LogP contribution is 2.40. The lowest BCUT2D eigenvalue weighted by Crippen LogP contribution is -2.11. The van der Waals surface area contributed by atoms with Gasteiger partial charge in [0.05, 0.1) is 23.1 Å². The van der Waals surface area contributed by atoms with Crippen molar-refractivity contribution in [1.82, 2.24) is 20.0 Å². The minimum atomic E-state index is -0.243. The van der Waals surface area contributed by atoms with E-state index >= 15 is 0 Å². The molecule has 0 aliphatic heterocycles. The third-order valence-electron chi connectivity index (χ3n) is 5.24. The van der Waals surface area contributed by atoms with Gasteiger partial charge >= 0.3 is 0 Å². The number of hydrogen-bond acceptors (Lipinski definition) is 6. The van der Waals surface area contributed by atoms with Crippen LogP contribution in [-0.4, -0.2) is 20.0 Å². The van der Waals surface area contributed by atoms with Crippen LogP contribution >= 0.6 is 11.3 Å². The quantitative estimate of drug-likeness (QED) is 0.471. The number of aromatic nitrogens is 4. The number of nitrogens with one attached hydrogen (secondary N) is 1. The van der Waals surface area contributed by atoms with Crippen LogP contribution in [0.1, 0.15) is 11.3 Å². The molecule has 146 valence electrons. The molecule has 30 heavy (non-hydrogen) atoms. The normalized spacial score (nSPS) is 11.2. The molecule has 7 nitrogen and oxygen atoms in total. The Labute approximate surface area is 175 Å². The first-order valence-electron chi connectivity index (χ1n) is 9.28. The predicted octanol–water partition coefficient (Wildman–Crippen LogP) is 3.54. The number of aryl methyl sites for hydroxylation is 1. The lowest BCUT2D eigenvalue weighted by atomic mass is 9.96. The molecule has 0 bridgehead atoms. The molecule has 0 saturated heterocycles. The lowest BCUT2D eigenvalue weighted by molar-refractivity contribution is 0.776. The van der Waals surface area contributed by atoms with Crippen LogP contribution in [0.5, 0.6) is 0 Å². The van der Waals surface area contributed by atoms with Crippen molar-refractivity contribution in [3.05, 3.63) is 70.3 Å². The predicted molar refractivity (Wildman–Crippen MR) is 118 cm³/mol. The van der Waals surface area contributed by atoms with Gasteiger partial charge in [0.2, 0.25) is 0 Å². The van der Waals surface area contributed by atoms with Gasteiger partial charge in [-0.25, -0.2) is 5.10 Å². The van der Waals surface area contributed by atoms with E-state index in [2.05, 4.69) is 21.4 Å². The van der Waals surface area contributed by atoms with E-state index < -0.39 is 0 Å². The fourth-order valence-electron chi connectivity index (χ4n) is 3.82. The molecule has 0 amide bonds. The van der Waals surface area contributed by atoms with Crippen LogP contribution in [-0.2, 0) is 13.6 Å². The smallest absolute Gasteiger partial charge is 0.282 e. The van der Waals surface area contributed by atoms with Gasteiger partial charge in [-0.2, -0.15) is 15.5 Å². The number of H-pyrrole nitrogens is 1. The van der Waals surface area contributed by atoms with Crippen molar-refractivity contribution in [3.8, 4) is 27.8 Å². The van der Waals surface area contributed by atoms with E-state index in [1.165, 1.54) is 11.3 Å². The molecule has 2 aromatic carbocycles. The molecule has 0 radical (unpaired) electrons. The number of nitriles is 1. The third kappa shape index (κ3) is 2.64. The Morgan fingerprint density at radius 2 is 2.03 bits per heavy atom. The maximum atomic E-state index is 12.3. The molecule has 0 unspecified atom stereocenters.